The van der Waals surface area contributed by atoms with Crippen molar-refractivity contribution in [3.8, 4) is 28.4 Å². The molecule has 3 aromatic heterocycles. The number of phenols is 1. The molecule has 0 amide bonds. The molecule has 3 aliphatic rings. The molecule has 25 heteroatoms. The summed E-state index contributed by atoms with van der Waals surface area (Å²) in [5.74, 6) is -2.10. The van der Waals surface area contributed by atoms with Crippen LogP contribution in [0.2, 0.25) is 0 Å². The van der Waals surface area contributed by atoms with Gasteiger partial charge in [-0.15, -0.1) is 17.0 Å². The highest BCUT2D eigenvalue weighted by atomic mass is 79.9. The molecule has 8 aromatic rings. The van der Waals surface area contributed by atoms with E-state index in [9.17, 15) is 58.9 Å². The first kappa shape index (κ1) is 66.9. The van der Waals surface area contributed by atoms with Crippen molar-refractivity contribution in [2.45, 2.75) is 99.3 Å². The number of aromatic nitrogens is 3. The summed E-state index contributed by atoms with van der Waals surface area (Å²) in [5, 5.41) is 40.2. The number of oxazole rings is 3. The number of hydrogen-bond acceptors (Lipinski definition) is 22. The molecular formula is C61H63BrN8O16. The normalized spacial score (nSPS) is 13.1. The average molecular weight is 1240 g/mol. The number of phenolic OH excluding ortho intramolecular Hbond substituents is 1. The summed E-state index contributed by atoms with van der Waals surface area (Å²) in [6.45, 7) is 22.7. The van der Waals surface area contributed by atoms with Gasteiger partial charge in [0.15, 0.2) is 34.3 Å². The SMILES string of the molecule is Br.CC(C)(C)C=O.CC(C)(C)c1nc2c(o1)-c1c(N)cccc1C(=O)C2=O.CC(C)(C)c1nc2c(o1)-c1c(cccc1[N+](=O)[O-])C(=O)C2=O.CC(C)(C)c1nc2cc(O)c3cccc([N+](=O)[O-])c3c2o1.CO.NC1=CC(=O)c2cccc(N)c2C1=O. The second-order valence-corrected chi connectivity index (χ2v) is 23.5. The van der Waals surface area contributed by atoms with Gasteiger partial charge in [0.2, 0.25) is 35.0 Å². The first-order valence-corrected chi connectivity index (χ1v) is 25.9. The number of nitro groups is 2. The summed E-state index contributed by atoms with van der Waals surface area (Å²) >= 11 is 0. The number of fused-ring (bicyclic) bond motifs is 10. The second-order valence-electron chi connectivity index (χ2n) is 23.5. The molecule has 11 rings (SSSR count). The van der Waals surface area contributed by atoms with Crippen molar-refractivity contribution in [3.63, 3.8) is 0 Å². The predicted octanol–water partition coefficient (Wildman–Crippen LogP) is 11.3. The minimum Gasteiger partial charge on any atom is -0.507 e. The number of hydrogen-bond donors (Lipinski definition) is 5. The zero-order chi connectivity index (χ0) is 63.7. The zero-order valence-electron chi connectivity index (χ0n) is 49.1. The number of halogens is 1. The number of carbonyl (C=O) groups is 7. The molecule has 0 atom stereocenters. The number of aliphatic hydroxyl groups excluding tert-OH is 1. The van der Waals surface area contributed by atoms with Gasteiger partial charge in [-0.1, -0.05) is 126 Å². The van der Waals surface area contributed by atoms with E-state index in [2.05, 4.69) is 15.0 Å². The van der Waals surface area contributed by atoms with Gasteiger partial charge in [-0.05, 0) is 18.2 Å². The highest BCUT2D eigenvalue weighted by Crippen LogP contribution is 2.44. The Morgan fingerprint density at radius 1 is 0.535 bits per heavy atom. The molecule has 0 saturated carbocycles. The van der Waals surface area contributed by atoms with Gasteiger partial charge in [0.25, 0.3) is 22.9 Å². The minimum absolute atomic E-state index is 0. The van der Waals surface area contributed by atoms with Crippen LogP contribution in [0.1, 0.15) is 163 Å². The van der Waals surface area contributed by atoms with Crippen LogP contribution < -0.4 is 17.2 Å². The van der Waals surface area contributed by atoms with Crippen LogP contribution in [0.3, 0.4) is 0 Å². The smallest absolute Gasteiger partial charge is 0.281 e. The third kappa shape index (κ3) is 13.5. The lowest BCUT2D eigenvalue weighted by atomic mass is 9.90. The number of nitro benzene ring substituents is 2. The number of carbonyl (C=O) groups excluding carboxylic acids is 7. The maximum absolute atomic E-state index is 12.2. The maximum atomic E-state index is 12.2. The molecule has 86 heavy (non-hydrogen) atoms. The number of aldehydes is 1. The van der Waals surface area contributed by atoms with E-state index in [1.54, 1.807) is 42.5 Å². The fourth-order valence-corrected chi connectivity index (χ4v) is 8.26. The predicted molar refractivity (Wildman–Crippen MR) is 324 cm³/mol. The van der Waals surface area contributed by atoms with Crippen molar-refractivity contribution < 1.29 is 66.9 Å². The number of rotatable bonds is 2. The highest BCUT2D eigenvalue weighted by molar-refractivity contribution is 8.93. The third-order valence-electron chi connectivity index (χ3n) is 12.5. The maximum Gasteiger partial charge on any atom is 0.281 e. The van der Waals surface area contributed by atoms with Gasteiger partial charge in [0.1, 0.15) is 28.5 Å². The summed E-state index contributed by atoms with van der Waals surface area (Å²) in [4.78, 5) is 115. The van der Waals surface area contributed by atoms with E-state index in [0.29, 0.717) is 50.8 Å². The molecule has 0 radical (unpaired) electrons. The number of non-ortho nitro benzene ring substituents is 1. The number of ketones is 6. The molecule has 0 unspecified atom stereocenters. The number of nitrogen functional groups attached to an aromatic ring is 2. The lowest BCUT2D eigenvalue weighted by Gasteiger charge is -2.14. The van der Waals surface area contributed by atoms with Crippen LogP contribution in [0.15, 0.2) is 104 Å². The van der Waals surface area contributed by atoms with E-state index < -0.39 is 38.4 Å². The summed E-state index contributed by atoms with van der Waals surface area (Å²) in [6.07, 6.45) is 2.07. The minimum atomic E-state index is -0.806. The molecule has 0 saturated heterocycles. The number of anilines is 2. The Kier molecular flexibility index (Phi) is 19.6. The largest absolute Gasteiger partial charge is 0.507 e. The Morgan fingerprint density at radius 3 is 1.41 bits per heavy atom. The number of benzene rings is 5. The first-order valence-electron chi connectivity index (χ1n) is 25.9. The molecule has 0 aliphatic heterocycles. The second kappa shape index (κ2) is 25.1. The van der Waals surface area contributed by atoms with E-state index in [1.165, 1.54) is 36.4 Å². The Morgan fingerprint density at radius 2 is 0.942 bits per heavy atom. The Hall–Kier alpha value is -9.88. The molecular weight excluding hydrogens is 1180 g/mol. The third-order valence-corrected chi connectivity index (χ3v) is 12.5. The lowest BCUT2D eigenvalue weighted by Crippen LogP contribution is -2.22. The summed E-state index contributed by atoms with van der Waals surface area (Å²) in [7, 11) is 1.00. The molecule has 0 spiro atoms. The number of aliphatic hydroxyl groups is 1. The van der Waals surface area contributed by atoms with Gasteiger partial charge in [-0.2, -0.15) is 0 Å². The molecule has 24 nitrogen and oxygen atoms in total. The highest BCUT2D eigenvalue weighted by Gasteiger charge is 2.42. The van der Waals surface area contributed by atoms with Gasteiger partial charge in [-0.3, -0.25) is 49.0 Å². The topological polar surface area (TPSA) is 402 Å². The van der Waals surface area contributed by atoms with E-state index in [-0.39, 0.29) is 124 Å². The van der Waals surface area contributed by atoms with Gasteiger partial charge < -0.3 is 45.5 Å². The van der Waals surface area contributed by atoms with Crippen molar-refractivity contribution in [1.29, 1.82) is 0 Å². The van der Waals surface area contributed by atoms with Crippen LogP contribution in [0, 0.1) is 25.6 Å². The average Bonchev–Trinajstić information content (AvgIpc) is 1.55. The van der Waals surface area contributed by atoms with Crippen LogP contribution in [-0.2, 0) is 21.0 Å². The zero-order valence-corrected chi connectivity index (χ0v) is 50.9. The first-order chi connectivity index (χ1) is 39.5. The molecule has 3 heterocycles. The molecule has 0 bridgehead atoms. The van der Waals surface area contributed by atoms with Gasteiger partial charge in [0.05, 0.1) is 26.7 Å². The fraction of sp³-hybridized carbons (Fsp3) is 0.279. The van der Waals surface area contributed by atoms with Gasteiger partial charge in [-0.25, -0.2) is 15.0 Å². The van der Waals surface area contributed by atoms with E-state index >= 15 is 0 Å². The Labute approximate surface area is 501 Å². The molecule has 5 aromatic carbocycles. The van der Waals surface area contributed by atoms with Crippen LogP contribution in [-0.4, -0.2) is 83.1 Å². The molecule has 3 aliphatic carbocycles. The van der Waals surface area contributed by atoms with Crippen LogP contribution in [0.5, 0.6) is 5.75 Å². The monoisotopic (exact) mass is 1240 g/mol. The molecule has 0 fully saturated rings. The standard InChI is InChI=1S/C15H12N2O5.C15H14N2O4.C15H14N2O3.C10H8N2O2.C5H10O.CH4O.BrH/c1-15(2,3)14-16-10-12(19)11(18)7-5-4-6-8(17(20)21)9(7)13(10)22-14;1-15(2,3)14-16-9-7-11(18)8-5-4-6-10(17(19)20)12(8)13(9)21-14;1-15(2,3)14-17-10-12(19)11(18)7-5-4-6-8(16)9(7)13(10)20-14;11-6-3-1-2-5-8(13)4-7(12)10(14)9(5)6;1-5(2,3)4-6;1-2;/h4-6H,1-3H3;4-7,18H,1-3H3;4-6H,16H2,1-3H3;1-4H,11-12H2;4H,1-3H3;2H,1H3;1H. The van der Waals surface area contributed by atoms with Crippen LogP contribution in [0.25, 0.3) is 44.5 Å². The number of allylic oxidation sites excluding steroid dienone is 2. The number of aromatic hydroxyl groups is 1. The number of nitrogens with two attached hydrogens (primary N) is 3. The Balaban J connectivity index is 0.000000202. The summed E-state index contributed by atoms with van der Waals surface area (Å²) in [5.41, 5.74) is 17.8. The van der Waals surface area contributed by atoms with E-state index in [4.69, 9.17) is 35.6 Å². The summed E-state index contributed by atoms with van der Waals surface area (Å²) in [6, 6.07) is 19.7. The number of nitrogens with zero attached hydrogens (tertiary/aromatic N) is 5. The van der Waals surface area contributed by atoms with Gasteiger partial charge >= 0.3 is 0 Å². The van der Waals surface area contributed by atoms with Crippen molar-refractivity contribution in [1.82, 2.24) is 15.0 Å². The lowest BCUT2D eigenvalue weighted by molar-refractivity contribution is -0.384. The quantitative estimate of drug-likeness (QED) is 0.0353. The fourth-order valence-electron chi connectivity index (χ4n) is 8.26. The van der Waals surface area contributed by atoms with Gasteiger partial charge in [0, 0.05) is 86.5 Å². The van der Waals surface area contributed by atoms with Crippen molar-refractivity contribution in [2.75, 3.05) is 18.6 Å². The number of Topliss-reactive ketones (excluding diaryl/α,β-unsaturated/α-hetero) is 5. The van der Waals surface area contributed by atoms with Crippen molar-refractivity contribution in [2.24, 2.45) is 11.1 Å². The van der Waals surface area contributed by atoms with Crippen molar-refractivity contribution in [3.05, 3.63) is 162 Å². The summed E-state index contributed by atoms with van der Waals surface area (Å²) < 4.78 is 17.1. The Bertz CT molecular complexity index is 4120. The van der Waals surface area contributed by atoms with E-state index in [0.717, 1.165) is 19.5 Å². The van der Waals surface area contributed by atoms with Crippen LogP contribution >= 0.6 is 17.0 Å². The molecule has 8 N–H and O–H groups in total. The van der Waals surface area contributed by atoms with E-state index in [1.807, 2.05) is 83.1 Å². The van der Waals surface area contributed by atoms with Crippen molar-refractivity contribution >= 4 is 103 Å². The van der Waals surface area contributed by atoms with Crippen LogP contribution in [0.4, 0.5) is 22.7 Å². The molecule has 450 valence electrons.